The smallest absolute Gasteiger partial charge is 0.408 e. The number of H-pyrrole nitrogens is 1. The van der Waals surface area contributed by atoms with Crippen LogP contribution in [0, 0.1) is 30.1 Å². The van der Waals surface area contributed by atoms with E-state index in [1.807, 2.05) is 19.1 Å². The minimum absolute atomic E-state index is 0.209. The lowest BCUT2D eigenvalue weighted by molar-refractivity contribution is -0.117. The Kier molecular flexibility index (Phi) is 3.83. The highest BCUT2D eigenvalue weighted by Crippen LogP contribution is 2.38. The van der Waals surface area contributed by atoms with Crippen LogP contribution < -0.4 is 16.8 Å². The van der Waals surface area contributed by atoms with Crippen LogP contribution >= 0.6 is 0 Å². The number of hydrogen-bond acceptors (Lipinski definition) is 7. The molecule has 4 N–H and O–H groups in total. The normalized spacial score (nSPS) is 17.7. The van der Waals surface area contributed by atoms with Crippen LogP contribution in [0.25, 0.3) is 33.1 Å². The molecule has 1 saturated carbocycles. The van der Waals surface area contributed by atoms with Gasteiger partial charge in [-0.1, -0.05) is 0 Å². The fourth-order valence-electron chi connectivity index (χ4n) is 3.61. The van der Waals surface area contributed by atoms with E-state index in [9.17, 15) is 9.59 Å². The summed E-state index contributed by atoms with van der Waals surface area (Å²) in [5.41, 5.74) is 9.47. The van der Waals surface area contributed by atoms with E-state index < -0.39 is 5.76 Å². The van der Waals surface area contributed by atoms with Gasteiger partial charge in [-0.3, -0.25) is 9.78 Å². The highest BCUT2D eigenvalue weighted by atomic mass is 16.4. The van der Waals surface area contributed by atoms with E-state index in [-0.39, 0.29) is 17.7 Å². The lowest BCUT2D eigenvalue weighted by Gasteiger charge is -2.10. The van der Waals surface area contributed by atoms with E-state index in [1.165, 1.54) is 0 Å². The Hall–Kier alpha value is -4.19. The largest absolute Gasteiger partial charge is 0.417 e. The fraction of sp³-hybridized carbons (Fsp3) is 0.190. The number of aromatic nitrogens is 3. The van der Waals surface area contributed by atoms with Crippen molar-refractivity contribution in [1.82, 2.24) is 15.0 Å². The Labute approximate surface area is 169 Å². The predicted molar refractivity (Wildman–Crippen MR) is 110 cm³/mol. The number of hydrogen-bond donors (Lipinski definition) is 3. The van der Waals surface area contributed by atoms with E-state index in [0.29, 0.717) is 40.2 Å². The number of nitrogens with two attached hydrogens (primary N) is 1. The third kappa shape index (κ3) is 2.95. The molecule has 4 aromatic rings. The summed E-state index contributed by atoms with van der Waals surface area (Å²) in [6.45, 7) is 1.90. The number of rotatable bonds is 3. The van der Waals surface area contributed by atoms with Crippen molar-refractivity contribution in [3.63, 3.8) is 0 Å². The molecule has 9 heteroatoms. The maximum absolute atomic E-state index is 12.2. The molecular weight excluding hydrogens is 384 g/mol. The van der Waals surface area contributed by atoms with E-state index in [0.717, 1.165) is 16.5 Å². The Morgan fingerprint density at radius 2 is 2.20 bits per heavy atom. The van der Waals surface area contributed by atoms with Gasteiger partial charge in [-0.25, -0.2) is 14.8 Å². The van der Waals surface area contributed by atoms with Crippen LogP contribution in [0.15, 0.2) is 39.7 Å². The number of carbonyl (C=O) groups excluding carboxylic acids is 1. The van der Waals surface area contributed by atoms with Crippen LogP contribution in [-0.4, -0.2) is 20.9 Å². The molecule has 0 radical (unpaired) electrons. The second kappa shape index (κ2) is 6.42. The molecule has 2 atom stereocenters. The maximum Gasteiger partial charge on any atom is 0.417 e. The minimum Gasteiger partial charge on any atom is -0.408 e. The van der Waals surface area contributed by atoms with Gasteiger partial charge in [0.1, 0.15) is 11.6 Å². The summed E-state index contributed by atoms with van der Waals surface area (Å²) >= 11 is 0. The third-order valence-electron chi connectivity index (χ3n) is 5.33. The minimum atomic E-state index is -0.520. The van der Waals surface area contributed by atoms with Crippen LogP contribution in [0.4, 0.5) is 11.6 Å². The van der Waals surface area contributed by atoms with E-state index in [1.54, 1.807) is 18.3 Å². The zero-order chi connectivity index (χ0) is 21.0. The summed E-state index contributed by atoms with van der Waals surface area (Å²) in [4.78, 5) is 35.1. The molecule has 0 aliphatic heterocycles. The average molecular weight is 400 g/mol. The monoisotopic (exact) mass is 400 g/mol. The molecule has 1 aliphatic carbocycles. The van der Waals surface area contributed by atoms with Crippen molar-refractivity contribution in [3.8, 4) is 17.3 Å². The van der Waals surface area contributed by atoms with Gasteiger partial charge >= 0.3 is 5.76 Å². The molecule has 5 rings (SSSR count). The van der Waals surface area contributed by atoms with E-state index in [2.05, 4.69) is 26.3 Å². The summed E-state index contributed by atoms with van der Waals surface area (Å²) in [6.07, 6.45) is 2.14. The molecular formula is C21H16N6O3. The number of nitriles is 1. The first-order valence-corrected chi connectivity index (χ1v) is 9.33. The van der Waals surface area contributed by atoms with Crippen molar-refractivity contribution in [2.45, 2.75) is 13.3 Å². The highest BCUT2D eigenvalue weighted by molar-refractivity contribution is 5.99. The van der Waals surface area contributed by atoms with Crippen LogP contribution in [-0.2, 0) is 4.79 Å². The second-order valence-electron chi connectivity index (χ2n) is 7.43. The topological polar surface area (TPSA) is 151 Å². The SMILES string of the molecule is Cc1cc2[nH]c(=O)oc2cc1-c1cc2cc(NC(=O)C3C[C@H]3C#N)ncc2c(N)n1. The summed E-state index contributed by atoms with van der Waals surface area (Å²) in [7, 11) is 0. The number of fused-ring (bicyclic) bond motifs is 2. The molecule has 0 spiro atoms. The molecule has 0 bridgehead atoms. The molecule has 148 valence electrons. The van der Waals surface area contributed by atoms with Gasteiger partial charge in [-0.15, -0.1) is 0 Å². The molecule has 1 aromatic carbocycles. The Balaban J connectivity index is 1.55. The van der Waals surface area contributed by atoms with Crippen molar-refractivity contribution in [3.05, 3.63) is 46.6 Å². The van der Waals surface area contributed by atoms with Crippen molar-refractivity contribution in [2.75, 3.05) is 11.1 Å². The zero-order valence-corrected chi connectivity index (χ0v) is 15.9. The summed E-state index contributed by atoms with van der Waals surface area (Å²) in [5.74, 6) is -0.543. The number of nitrogen functional groups attached to an aromatic ring is 1. The van der Waals surface area contributed by atoms with Gasteiger partial charge in [0.25, 0.3) is 0 Å². The fourth-order valence-corrected chi connectivity index (χ4v) is 3.61. The lowest BCUT2D eigenvalue weighted by atomic mass is 10.0. The number of aromatic amines is 1. The van der Waals surface area contributed by atoms with Crippen molar-refractivity contribution in [1.29, 1.82) is 5.26 Å². The molecule has 0 saturated heterocycles. The van der Waals surface area contributed by atoms with Gasteiger partial charge in [0, 0.05) is 17.1 Å². The summed E-state index contributed by atoms with van der Waals surface area (Å²) in [6, 6.07) is 9.23. The molecule has 1 amide bonds. The zero-order valence-electron chi connectivity index (χ0n) is 15.9. The number of carbonyl (C=O) groups is 1. The van der Waals surface area contributed by atoms with Crippen LogP contribution in [0.1, 0.15) is 12.0 Å². The quantitative estimate of drug-likeness (QED) is 0.478. The number of nitrogens with zero attached hydrogens (tertiary/aromatic N) is 3. The number of pyridine rings is 2. The van der Waals surface area contributed by atoms with Crippen molar-refractivity contribution in [2.24, 2.45) is 11.8 Å². The number of nitrogens with one attached hydrogen (secondary N) is 2. The van der Waals surface area contributed by atoms with Gasteiger partial charge in [-0.05, 0) is 48.6 Å². The van der Waals surface area contributed by atoms with Gasteiger partial charge < -0.3 is 15.5 Å². The molecule has 3 aromatic heterocycles. The Morgan fingerprint density at radius 3 is 2.97 bits per heavy atom. The van der Waals surface area contributed by atoms with Gasteiger partial charge in [-0.2, -0.15) is 5.26 Å². The third-order valence-corrected chi connectivity index (χ3v) is 5.33. The lowest BCUT2D eigenvalue weighted by Crippen LogP contribution is -2.15. The first kappa shape index (κ1) is 17.9. The number of benzene rings is 1. The molecule has 1 aliphatic rings. The summed E-state index contributed by atoms with van der Waals surface area (Å²) < 4.78 is 5.16. The molecule has 1 fully saturated rings. The second-order valence-corrected chi connectivity index (χ2v) is 7.43. The molecule has 1 unspecified atom stereocenters. The Morgan fingerprint density at radius 1 is 1.37 bits per heavy atom. The van der Waals surface area contributed by atoms with Gasteiger partial charge in [0.2, 0.25) is 5.91 Å². The highest BCUT2D eigenvalue weighted by Gasteiger charge is 2.43. The van der Waals surface area contributed by atoms with Crippen LogP contribution in [0.2, 0.25) is 0 Å². The van der Waals surface area contributed by atoms with Gasteiger partial charge in [0.15, 0.2) is 5.58 Å². The van der Waals surface area contributed by atoms with Crippen LogP contribution in [0.3, 0.4) is 0 Å². The first-order valence-electron chi connectivity index (χ1n) is 9.33. The predicted octanol–water partition coefficient (Wildman–Crippen LogP) is 2.72. The average Bonchev–Trinajstić information content (AvgIpc) is 3.41. The van der Waals surface area contributed by atoms with E-state index in [4.69, 9.17) is 15.4 Å². The number of oxazole rings is 1. The maximum atomic E-state index is 12.2. The van der Waals surface area contributed by atoms with E-state index >= 15 is 0 Å². The molecule has 3 heterocycles. The van der Waals surface area contributed by atoms with Crippen molar-refractivity contribution >= 4 is 39.4 Å². The number of aryl methyl sites for hydroxylation is 1. The van der Waals surface area contributed by atoms with Crippen molar-refractivity contribution < 1.29 is 9.21 Å². The molecule has 30 heavy (non-hydrogen) atoms. The van der Waals surface area contributed by atoms with Gasteiger partial charge in [0.05, 0.1) is 29.1 Å². The standard InChI is InChI=1S/C21H16N6O3/c1-9-2-16-17(30-21(29)26-16)6-12(9)15-4-10-5-18(24-8-14(10)19(23)25-15)27-20(28)13-3-11(13)7-22/h2,4-6,8,11,13H,3H2,1H3,(H2,23,25)(H,26,29)(H,24,27,28)/t11-,13?/m0/s1. The molecule has 9 nitrogen and oxygen atoms in total. The summed E-state index contributed by atoms with van der Waals surface area (Å²) in [5, 5.41) is 13.1. The first-order chi connectivity index (χ1) is 14.4. The number of amides is 1. The number of anilines is 2. The van der Waals surface area contributed by atoms with Crippen LogP contribution in [0.5, 0.6) is 0 Å². The Bertz CT molecular complexity index is 1450.